The van der Waals surface area contributed by atoms with E-state index in [0.29, 0.717) is 16.8 Å². The van der Waals surface area contributed by atoms with E-state index in [1.807, 2.05) is 55.8 Å². The van der Waals surface area contributed by atoms with Crippen LogP contribution in [0.5, 0.6) is 11.5 Å². The second-order valence-corrected chi connectivity index (χ2v) is 11.5. The molecular formula is C25H36N2O6S. The third kappa shape index (κ3) is 6.94. The van der Waals surface area contributed by atoms with Crippen LogP contribution >= 0.6 is 0 Å². The lowest BCUT2D eigenvalue weighted by Gasteiger charge is -2.38. The van der Waals surface area contributed by atoms with Crippen LogP contribution in [0.1, 0.15) is 47.6 Å². The van der Waals surface area contributed by atoms with Gasteiger partial charge in [-0.15, -0.1) is 0 Å². The summed E-state index contributed by atoms with van der Waals surface area (Å²) in [5, 5.41) is 10.2. The Bertz CT molecular complexity index is 1170. The van der Waals surface area contributed by atoms with Gasteiger partial charge in [-0.05, 0) is 76.3 Å². The molecule has 0 aromatic heterocycles. The van der Waals surface area contributed by atoms with Crippen LogP contribution in [-0.4, -0.2) is 55.3 Å². The number of nitrogens with zero attached hydrogens (tertiary/aromatic N) is 1. The van der Waals surface area contributed by atoms with Gasteiger partial charge < -0.3 is 14.4 Å². The fraction of sp³-hybridized carbons (Fsp3) is 0.480. The number of hydrogen-bond donors (Lipinski definition) is 2. The molecule has 0 radical (unpaired) electrons. The van der Waals surface area contributed by atoms with E-state index in [0.717, 1.165) is 46.4 Å². The lowest BCUT2D eigenvalue weighted by Crippen LogP contribution is -2.53. The average molecular weight is 493 g/mol. The van der Waals surface area contributed by atoms with Gasteiger partial charge in [0.15, 0.2) is 0 Å². The quantitative estimate of drug-likeness (QED) is 0.384. The molecule has 0 saturated carbocycles. The SMILES string of the molecule is Cc1c(C)c2c(c(C)c1O)CCC(C)(CC(=O)N[N+](C)(C)C)O2.Cc1ccc(S(=O)(=O)[O-])cc1. The Labute approximate surface area is 202 Å². The van der Waals surface area contributed by atoms with Crippen molar-refractivity contribution in [3.05, 3.63) is 52.1 Å². The zero-order valence-corrected chi connectivity index (χ0v) is 22.1. The van der Waals surface area contributed by atoms with Gasteiger partial charge in [-0.1, -0.05) is 17.7 Å². The summed E-state index contributed by atoms with van der Waals surface area (Å²) in [5.74, 6) is 1.18. The van der Waals surface area contributed by atoms with Crippen LogP contribution in [0.25, 0.3) is 0 Å². The maximum absolute atomic E-state index is 12.3. The van der Waals surface area contributed by atoms with Crippen LogP contribution in [0.2, 0.25) is 0 Å². The highest BCUT2D eigenvalue weighted by Crippen LogP contribution is 2.44. The van der Waals surface area contributed by atoms with E-state index in [4.69, 9.17) is 4.74 Å². The van der Waals surface area contributed by atoms with Crippen molar-refractivity contribution in [2.75, 3.05) is 21.1 Å². The van der Waals surface area contributed by atoms with Crippen molar-refractivity contribution in [1.29, 1.82) is 0 Å². The summed E-state index contributed by atoms with van der Waals surface area (Å²) in [7, 11) is 1.47. The molecule has 2 aromatic rings. The van der Waals surface area contributed by atoms with Crippen molar-refractivity contribution in [1.82, 2.24) is 5.43 Å². The predicted molar refractivity (Wildman–Crippen MR) is 130 cm³/mol. The van der Waals surface area contributed by atoms with E-state index in [-0.39, 0.29) is 10.8 Å². The van der Waals surface area contributed by atoms with Gasteiger partial charge in [0, 0.05) is 5.56 Å². The summed E-state index contributed by atoms with van der Waals surface area (Å²) in [6.07, 6.45) is 1.89. The Hall–Kier alpha value is -2.62. The maximum atomic E-state index is 12.3. The number of quaternary nitrogens is 1. The maximum Gasteiger partial charge on any atom is 0.268 e. The first-order chi connectivity index (χ1) is 15.4. The third-order valence-corrected chi connectivity index (χ3v) is 6.75. The molecule has 1 unspecified atom stereocenters. The van der Waals surface area contributed by atoms with Crippen molar-refractivity contribution in [2.24, 2.45) is 0 Å². The number of benzene rings is 2. The molecule has 1 amide bonds. The largest absolute Gasteiger partial charge is 0.744 e. The summed E-state index contributed by atoms with van der Waals surface area (Å²) in [6, 6.07) is 5.78. The predicted octanol–water partition coefficient (Wildman–Crippen LogP) is 3.43. The summed E-state index contributed by atoms with van der Waals surface area (Å²) in [4.78, 5) is 12.1. The zero-order valence-electron chi connectivity index (χ0n) is 21.3. The van der Waals surface area contributed by atoms with E-state index in [1.54, 1.807) is 12.1 Å². The molecule has 9 heteroatoms. The molecule has 2 N–H and O–H groups in total. The van der Waals surface area contributed by atoms with Crippen molar-refractivity contribution in [3.63, 3.8) is 0 Å². The van der Waals surface area contributed by atoms with Gasteiger partial charge in [0.2, 0.25) is 0 Å². The molecule has 1 heterocycles. The number of amides is 1. The molecule has 0 fully saturated rings. The molecule has 188 valence electrons. The number of carbonyl (C=O) groups is 1. The van der Waals surface area contributed by atoms with Crippen LogP contribution in [0.15, 0.2) is 29.2 Å². The summed E-state index contributed by atoms with van der Waals surface area (Å²) in [5.41, 5.74) is 7.11. The zero-order chi connectivity index (χ0) is 26.1. The monoisotopic (exact) mass is 492 g/mol. The molecular weight excluding hydrogens is 456 g/mol. The molecule has 1 atom stereocenters. The molecule has 8 nitrogen and oxygen atoms in total. The summed E-state index contributed by atoms with van der Waals surface area (Å²) < 4.78 is 37.8. The summed E-state index contributed by atoms with van der Waals surface area (Å²) >= 11 is 0. The number of phenolic OH excluding ortho intramolecular Hbond substituents is 1. The van der Waals surface area contributed by atoms with E-state index in [2.05, 4.69) is 5.43 Å². The standard InChI is InChI=1S/C18H28N2O3.C7H8O3S/c1-11-12(2)17-14(13(3)16(11)22)8-9-18(4,23-17)10-15(21)19-20(5,6)7;1-6-2-4-7(5-3-6)11(8,9)10/h8-10H2,1-7H3,(H-,19,21,22);2-5H,1H3,(H,8,9,10). The fourth-order valence-electron chi connectivity index (χ4n) is 3.88. The number of rotatable bonds is 4. The molecule has 34 heavy (non-hydrogen) atoms. The van der Waals surface area contributed by atoms with Crippen LogP contribution in [0, 0.1) is 27.7 Å². The minimum Gasteiger partial charge on any atom is -0.744 e. The molecule has 0 saturated heterocycles. The van der Waals surface area contributed by atoms with Gasteiger partial charge in [0.1, 0.15) is 27.2 Å². The van der Waals surface area contributed by atoms with Crippen molar-refractivity contribution in [2.45, 2.75) is 64.4 Å². The average Bonchev–Trinajstić information content (AvgIpc) is 2.69. The molecule has 1 aliphatic rings. The Morgan fingerprint density at radius 1 is 1.09 bits per heavy atom. The number of ether oxygens (including phenoxy) is 1. The van der Waals surface area contributed by atoms with Crippen LogP contribution in [0.3, 0.4) is 0 Å². The van der Waals surface area contributed by atoms with E-state index in [9.17, 15) is 22.9 Å². The van der Waals surface area contributed by atoms with Gasteiger partial charge in [-0.2, -0.15) is 0 Å². The molecule has 0 bridgehead atoms. The Morgan fingerprint density at radius 3 is 2.15 bits per heavy atom. The highest BCUT2D eigenvalue weighted by atomic mass is 32.2. The van der Waals surface area contributed by atoms with Gasteiger partial charge in [-0.25, -0.2) is 18.4 Å². The van der Waals surface area contributed by atoms with Crippen molar-refractivity contribution >= 4 is 16.0 Å². The Kier molecular flexibility index (Phi) is 8.07. The van der Waals surface area contributed by atoms with Gasteiger partial charge >= 0.3 is 0 Å². The van der Waals surface area contributed by atoms with Gasteiger partial charge in [0.05, 0.1) is 32.5 Å². The second-order valence-electron chi connectivity index (χ2n) is 10.1. The topological polar surface area (TPSA) is 116 Å². The van der Waals surface area contributed by atoms with E-state index in [1.165, 1.54) is 12.1 Å². The molecule has 3 rings (SSSR count). The minimum atomic E-state index is -4.27. The van der Waals surface area contributed by atoms with Crippen molar-refractivity contribution in [3.8, 4) is 11.5 Å². The number of aromatic hydroxyl groups is 1. The first-order valence-electron chi connectivity index (χ1n) is 11.1. The number of hydrogen-bond acceptors (Lipinski definition) is 6. The highest BCUT2D eigenvalue weighted by molar-refractivity contribution is 7.85. The Morgan fingerprint density at radius 2 is 1.65 bits per heavy atom. The summed E-state index contributed by atoms with van der Waals surface area (Å²) in [6.45, 7) is 9.60. The lowest BCUT2D eigenvalue weighted by atomic mass is 9.85. The van der Waals surface area contributed by atoms with Crippen LogP contribution in [0.4, 0.5) is 0 Å². The minimum absolute atomic E-state index is 0.0201. The fourth-order valence-corrected chi connectivity index (χ4v) is 4.35. The molecule has 0 spiro atoms. The Balaban J connectivity index is 0.000000310. The van der Waals surface area contributed by atoms with Gasteiger partial charge in [-0.3, -0.25) is 4.79 Å². The van der Waals surface area contributed by atoms with E-state index < -0.39 is 15.7 Å². The number of aryl methyl sites for hydroxylation is 1. The molecule has 0 aliphatic carbocycles. The van der Waals surface area contributed by atoms with Crippen LogP contribution < -0.4 is 10.2 Å². The van der Waals surface area contributed by atoms with E-state index >= 15 is 0 Å². The van der Waals surface area contributed by atoms with Crippen LogP contribution in [-0.2, 0) is 21.3 Å². The number of carbonyl (C=O) groups excluding carboxylic acids is 1. The first-order valence-corrected chi connectivity index (χ1v) is 12.5. The third-order valence-electron chi connectivity index (χ3n) is 5.90. The molecule has 1 aliphatic heterocycles. The number of phenols is 1. The van der Waals surface area contributed by atoms with Gasteiger partial charge in [0.25, 0.3) is 5.91 Å². The molecule has 2 aromatic carbocycles. The van der Waals surface area contributed by atoms with Crippen molar-refractivity contribution < 1.29 is 32.2 Å². The number of fused-ring (bicyclic) bond motifs is 1. The highest BCUT2D eigenvalue weighted by Gasteiger charge is 2.37. The number of nitrogens with one attached hydrogen (secondary N) is 1. The normalized spacial score (nSPS) is 17.7. The second kappa shape index (κ2) is 9.93. The lowest BCUT2D eigenvalue weighted by molar-refractivity contribution is -0.906. The first kappa shape index (κ1) is 27.6. The smallest absolute Gasteiger partial charge is 0.268 e.